The van der Waals surface area contributed by atoms with Crippen LogP contribution >= 0.6 is 0 Å². The van der Waals surface area contributed by atoms with E-state index in [-0.39, 0.29) is 36.9 Å². The maximum atomic E-state index is 13.7. The molecule has 2 amide bonds. The maximum Gasteiger partial charge on any atom is 0.416 e. The highest BCUT2D eigenvalue weighted by Gasteiger charge is 2.52. The predicted molar refractivity (Wildman–Crippen MR) is 123 cm³/mol. The predicted octanol–water partition coefficient (Wildman–Crippen LogP) is 5.82. The summed E-state index contributed by atoms with van der Waals surface area (Å²) >= 11 is 0. The first-order valence-electron chi connectivity index (χ1n) is 12.0. The van der Waals surface area contributed by atoms with E-state index in [1.54, 1.807) is 0 Å². The molecule has 0 aliphatic carbocycles. The quantitative estimate of drug-likeness (QED) is 0.467. The molecule has 0 spiro atoms. The van der Waals surface area contributed by atoms with E-state index in [4.69, 9.17) is 9.47 Å². The van der Waals surface area contributed by atoms with E-state index < -0.39 is 65.6 Å². The van der Waals surface area contributed by atoms with Crippen molar-refractivity contribution in [2.45, 2.75) is 62.3 Å². The number of hydrogen-bond donors (Lipinski definition) is 1. The minimum Gasteiger partial charge on any atom is -0.453 e. The van der Waals surface area contributed by atoms with Crippen molar-refractivity contribution in [3.05, 3.63) is 70.5 Å². The molecule has 2 aliphatic heterocycles. The standard InChI is InChI=1S/C26H25F7N2O4/c1-13(15-9-16(25(28,29)30)11-17(10-15)26(31,32)33)39-20-12-35-21(36)8-7-19(34-24(37)38-2)23(35)22(20)14-3-5-18(27)6-4-14/h3-6,9-11,13,19-20,22-23H,7-8,12H2,1-2H3,(H,34,37)/t13?,19?,20-,22?,23?/m0/s1. The molecule has 6 nitrogen and oxygen atoms in total. The number of fused-ring (bicyclic) bond motifs is 1. The van der Waals surface area contributed by atoms with Crippen LogP contribution in [0.1, 0.15) is 54.0 Å². The molecule has 4 unspecified atom stereocenters. The molecule has 4 rings (SSSR count). The van der Waals surface area contributed by atoms with Gasteiger partial charge in [0, 0.05) is 18.9 Å². The average Bonchev–Trinajstić information content (AvgIpc) is 3.24. The van der Waals surface area contributed by atoms with E-state index in [1.165, 1.54) is 43.2 Å². The lowest BCUT2D eigenvalue weighted by molar-refractivity contribution is -0.143. The number of benzene rings is 2. The molecule has 0 radical (unpaired) electrons. The molecule has 2 aliphatic rings. The summed E-state index contributed by atoms with van der Waals surface area (Å²) in [6.07, 6.45) is -12.6. The van der Waals surface area contributed by atoms with Gasteiger partial charge in [0.05, 0.1) is 42.5 Å². The third-order valence-corrected chi connectivity index (χ3v) is 7.11. The number of nitrogens with zero attached hydrogens (tertiary/aromatic N) is 1. The number of carbonyl (C=O) groups is 2. The van der Waals surface area contributed by atoms with Crippen molar-refractivity contribution >= 4 is 12.0 Å². The van der Waals surface area contributed by atoms with Gasteiger partial charge in [0.15, 0.2) is 0 Å². The molecule has 39 heavy (non-hydrogen) atoms. The lowest BCUT2D eigenvalue weighted by atomic mass is 9.83. The molecule has 5 atom stereocenters. The van der Waals surface area contributed by atoms with Crippen molar-refractivity contribution < 1.29 is 49.8 Å². The summed E-state index contributed by atoms with van der Waals surface area (Å²) in [5.74, 6) is -1.48. The van der Waals surface area contributed by atoms with Crippen LogP contribution in [-0.2, 0) is 26.6 Å². The zero-order valence-electron chi connectivity index (χ0n) is 20.8. The second kappa shape index (κ2) is 10.7. The van der Waals surface area contributed by atoms with Gasteiger partial charge in [-0.25, -0.2) is 9.18 Å². The van der Waals surface area contributed by atoms with E-state index in [9.17, 15) is 40.3 Å². The highest BCUT2D eigenvalue weighted by atomic mass is 19.4. The van der Waals surface area contributed by atoms with Crippen LogP contribution in [0.25, 0.3) is 0 Å². The Morgan fingerprint density at radius 2 is 1.62 bits per heavy atom. The molecule has 13 heteroatoms. The van der Waals surface area contributed by atoms with Gasteiger partial charge in [-0.2, -0.15) is 26.3 Å². The summed E-state index contributed by atoms with van der Waals surface area (Å²) in [5.41, 5.74) is -2.78. The Bertz CT molecular complexity index is 1180. The fourth-order valence-electron chi connectivity index (χ4n) is 5.32. The van der Waals surface area contributed by atoms with Crippen molar-refractivity contribution in [1.29, 1.82) is 0 Å². The Balaban J connectivity index is 1.72. The molecule has 212 valence electrons. The molecule has 0 aromatic heterocycles. The molecule has 0 saturated carbocycles. The van der Waals surface area contributed by atoms with Crippen LogP contribution in [0.15, 0.2) is 42.5 Å². The third-order valence-electron chi connectivity index (χ3n) is 7.11. The molecule has 2 heterocycles. The Hall–Kier alpha value is -3.35. The van der Waals surface area contributed by atoms with Gasteiger partial charge < -0.3 is 19.7 Å². The lowest BCUT2D eigenvalue weighted by Crippen LogP contribution is -2.56. The normalized spacial score (nSPS) is 24.3. The van der Waals surface area contributed by atoms with Crippen molar-refractivity contribution in [3.63, 3.8) is 0 Å². The van der Waals surface area contributed by atoms with Gasteiger partial charge in [0.25, 0.3) is 0 Å². The second-order valence-corrected chi connectivity index (χ2v) is 9.55. The number of amides is 2. The van der Waals surface area contributed by atoms with Crippen molar-refractivity contribution in [2.24, 2.45) is 0 Å². The summed E-state index contributed by atoms with van der Waals surface area (Å²) in [5, 5.41) is 2.69. The molecule has 1 N–H and O–H groups in total. The van der Waals surface area contributed by atoms with Crippen LogP contribution in [0.2, 0.25) is 0 Å². The minimum atomic E-state index is -5.03. The zero-order chi connectivity index (χ0) is 28.7. The van der Waals surface area contributed by atoms with Crippen LogP contribution in [-0.4, -0.2) is 48.7 Å². The van der Waals surface area contributed by atoms with Gasteiger partial charge >= 0.3 is 18.4 Å². The molecule has 2 aromatic rings. The number of methoxy groups -OCH3 is 1. The summed E-state index contributed by atoms with van der Waals surface area (Å²) in [7, 11) is 1.17. The zero-order valence-corrected chi connectivity index (χ0v) is 20.8. The molecule has 2 fully saturated rings. The summed E-state index contributed by atoms with van der Waals surface area (Å²) in [4.78, 5) is 26.3. The number of ether oxygens (including phenoxy) is 2. The number of alkyl carbamates (subject to hydrolysis) is 1. The summed E-state index contributed by atoms with van der Waals surface area (Å²) < 4.78 is 105. The maximum absolute atomic E-state index is 13.7. The van der Waals surface area contributed by atoms with Crippen LogP contribution in [0.3, 0.4) is 0 Å². The molecule has 0 bridgehead atoms. The lowest BCUT2D eigenvalue weighted by Gasteiger charge is -2.39. The fourth-order valence-corrected chi connectivity index (χ4v) is 5.32. The fraction of sp³-hybridized carbons (Fsp3) is 0.462. The number of piperidine rings is 1. The van der Waals surface area contributed by atoms with Gasteiger partial charge in [-0.3, -0.25) is 4.79 Å². The van der Waals surface area contributed by atoms with E-state index in [0.717, 1.165) is 0 Å². The molecule has 2 aromatic carbocycles. The minimum absolute atomic E-state index is 0.0368. The largest absolute Gasteiger partial charge is 0.453 e. The Morgan fingerprint density at radius 3 is 2.15 bits per heavy atom. The Morgan fingerprint density at radius 1 is 1.03 bits per heavy atom. The highest BCUT2D eigenvalue weighted by Crippen LogP contribution is 2.44. The first kappa shape index (κ1) is 28.7. The average molecular weight is 562 g/mol. The van der Waals surface area contributed by atoms with Gasteiger partial charge in [-0.15, -0.1) is 0 Å². The van der Waals surface area contributed by atoms with Crippen molar-refractivity contribution in [2.75, 3.05) is 13.7 Å². The second-order valence-electron chi connectivity index (χ2n) is 9.55. The van der Waals surface area contributed by atoms with Gasteiger partial charge in [-0.1, -0.05) is 12.1 Å². The van der Waals surface area contributed by atoms with Crippen molar-refractivity contribution in [3.8, 4) is 0 Å². The third kappa shape index (κ3) is 6.13. The smallest absolute Gasteiger partial charge is 0.416 e. The first-order valence-corrected chi connectivity index (χ1v) is 12.0. The molecular formula is C26H25F7N2O4. The number of nitrogens with one attached hydrogen (secondary N) is 1. The topological polar surface area (TPSA) is 67.9 Å². The van der Waals surface area contributed by atoms with E-state index >= 15 is 0 Å². The van der Waals surface area contributed by atoms with Crippen LogP contribution < -0.4 is 5.32 Å². The number of halogens is 7. The van der Waals surface area contributed by atoms with E-state index in [1.807, 2.05) is 0 Å². The summed E-state index contributed by atoms with van der Waals surface area (Å²) in [6.45, 7) is 1.28. The van der Waals surface area contributed by atoms with Crippen LogP contribution in [0.5, 0.6) is 0 Å². The Kier molecular flexibility index (Phi) is 7.84. The first-order chi connectivity index (χ1) is 18.2. The highest BCUT2D eigenvalue weighted by molar-refractivity contribution is 5.79. The van der Waals surface area contributed by atoms with Crippen molar-refractivity contribution in [1.82, 2.24) is 10.2 Å². The van der Waals surface area contributed by atoms with Gasteiger partial charge in [0.1, 0.15) is 5.82 Å². The van der Waals surface area contributed by atoms with Gasteiger partial charge in [0.2, 0.25) is 5.91 Å². The monoisotopic (exact) mass is 562 g/mol. The number of hydrogen-bond acceptors (Lipinski definition) is 4. The number of carbonyl (C=O) groups excluding carboxylic acids is 2. The van der Waals surface area contributed by atoms with E-state index in [2.05, 4.69) is 5.32 Å². The summed E-state index contributed by atoms with van der Waals surface area (Å²) in [6, 6.07) is 5.26. The van der Waals surface area contributed by atoms with Gasteiger partial charge in [-0.05, 0) is 54.8 Å². The van der Waals surface area contributed by atoms with Crippen LogP contribution in [0.4, 0.5) is 35.5 Å². The van der Waals surface area contributed by atoms with E-state index in [0.29, 0.717) is 17.7 Å². The molecular weight excluding hydrogens is 537 g/mol. The molecule has 2 saturated heterocycles. The SMILES string of the molecule is COC(=O)NC1CCC(=O)N2C[C@H](OC(C)c3cc(C(F)(F)F)cc(C(F)(F)F)c3)C(c3ccc(F)cc3)C12. The number of rotatable bonds is 5. The number of alkyl halides is 6. The van der Waals surface area contributed by atoms with Crippen LogP contribution in [0, 0.1) is 5.82 Å². The Labute approximate surface area is 219 Å².